The molecule has 0 amide bonds. The lowest BCUT2D eigenvalue weighted by molar-refractivity contribution is -0.111. The molecule has 1 unspecified atom stereocenters. The third kappa shape index (κ3) is 3.12. The van der Waals surface area contributed by atoms with E-state index in [9.17, 15) is 5.11 Å². The number of ether oxygens (including phenoxy) is 1. The van der Waals surface area contributed by atoms with Crippen LogP contribution in [0.3, 0.4) is 0 Å². The van der Waals surface area contributed by atoms with Crippen molar-refractivity contribution in [3.05, 3.63) is 60.2 Å². The highest BCUT2D eigenvalue weighted by Gasteiger charge is 2.10. The molecule has 0 aliphatic heterocycles. The van der Waals surface area contributed by atoms with Gasteiger partial charge in [0.05, 0.1) is 6.61 Å². The molecule has 0 aromatic heterocycles. The van der Waals surface area contributed by atoms with Crippen molar-refractivity contribution in [2.75, 3.05) is 6.54 Å². The van der Waals surface area contributed by atoms with Crippen molar-refractivity contribution in [3.63, 3.8) is 0 Å². The van der Waals surface area contributed by atoms with E-state index in [-0.39, 0.29) is 0 Å². The minimum Gasteiger partial charge on any atom is -0.368 e. The van der Waals surface area contributed by atoms with Gasteiger partial charge in [-0.05, 0) is 52.6 Å². The molecule has 114 valence electrons. The second-order valence-corrected chi connectivity index (χ2v) is 5.49. The van der Waals surface area contributed by atoms with E-state index in [0.717, 1.165) is 12.0 Å². The fraction of sp³-hybridized carbons (Fsp3) is 0.263. The van der Waals surface area contributed by atoms with E-state index in [1.807, 2.05) is 24.3 Å². The van der Waals surface area contributed by atoms with Crippen LogP contribution in [0.1, 0.15) is 18.4 Å². The van der Waals surface area contributed by atoms with Gasteiger partial charge in [0.25, 0.3) is 0 Å². The second-order valence-electron chi connectivity index (χ2n) is 5.49. The van der Waals surface area contributed by atoms with Crippen LogP contribution in [0.2, 0.25) is 0 Å². The second kappa shape index (κ2) is 6.88. The summed E-state index contributed by atoms with van der Waals surface area (Å²) in [7, 11) is 0. The van der Waals surface area contributed by atoms with Gasteiger partial charge in [0.15, 0.2) is 6.29 Å². The molecule has 0 fully saturated rings. The van der Waals surface area contributed by atoms with Crippen molar-refractivity contribution in [1.29, 1.82) is 0 Å². The van der Waals surface area contributed by atoms with E-state index >= 15 is 0 Å². The average molecular weight is 295 g/mol. The molecule has 3 heteroatoms. The molecule has 0 aliphatic carbocycles. The Bertz CT molecular complexity index is 716. The summed E-state index contributed by atoms with van der Waals surface area (Å²) in [6.45, 7) is 0.964. The van der Waals surface area contributed by atoms with Gasteiger partial charge in [0.1, 0.15) is 0 Å². The first-order chi connectivity index (χ1) is 10.8. The summed E-state index contributed by atoms with van der Waals surface area (Å²) in [5, 5.41) is 14.6. The maximum atomic E-state index is 9.91. The van der Waals surface area contributed by atoms with Crippen LogP contribution in [0.5, 0.6) is 0 Å². The zero-order valence-electron chi connectivity index (χ0n) is 12.5. The van der Waals surface area contributed by atoms with Gasteiger partial charge in [-0.25, -0.2) is 0 Å². The fourth-order valence-corrected chi connectivity index (χ4v) is 2.82. The number of rotatable bonds is 6. The number of fused-ring (bicyclic) bond motifs is 2. The van der Waals surface area contributed by atoms with E-state index in [0.29, 0.717) is 19.6 Å². The fourth-order valence-electron chi connectivity index (χ4n) is 2.82. The summed E-state index contributed by atoms with van der Waals surface area (Å²) in [5.41, 5.74) is 6.59. The molecule has 0 heterocycles. The maximum Gasteiger partial charge on any atom is 0.155 e. The number of nitrogens with two attached hydrogens (primary N) is 1. The number of benzene rings is 3. The molecule has 3 aromatic carbocycles. The smallest absolute Gasteiger partial charge is 0.155 e. The Labute approximate surface area is 130 Å². The predicted molar refractivity (Wildman–Crippen MR) is 90.5 cm³/mol. The first-order valence-electron chi connectivity index (χ1n) is 7.68. The highest BCUT2D eigenvalue weighted by atomic mass is 16.6. The van der Waals surface area contributed by atoms with Gasteiger partial charge in [0, 0.05) is 0 Å². The highest BCUT2D eigenvalue weighted by molar-refractivity contribution is 6.02. The van der Waals surface area contributed by atoms with E-state index < -0.39 is 6.29 Å². The molecule has 3 aromatic rings. The molecule has 0 saturated carbocycles. The zero-order chi connectivity index (χ0) is 15.4. The molecule has 0 saturated heterocycles. The van der Waals surface area contributed by atoms with Crippen molar-refractivity contribution in [1.82, 2.24) is 0 Å². The average Bonchev–Trinajstić information content (AvgIpc) is 2.56. The number of hydrogen-bond donors (Lipinski definition) is 2. The Morgan fingerprint density at radius 2 is 1.55 bits per heavy atom. The molecule has 3 N–H and O–H groups in total. The normalized spacial score (nSPS) is 12.8. The molecule has 1 atom stereocenters. The summed E-state index contributed by atoms with van der Waals surface area (Å²) < 4.78 is 5.65. The SMILES string of the molecule is NCCCC(O)OCc1c2ccccc2cc2ccccc12. The molecule has 0 radical (unpaired) electrons. The summed E-state index contributed by atoms with van der Waals surface area (Å²) in [6.07, 6.45) is 0.567. The van der Waals surface area contributed by atoms with Crippen molar-refractivity contribution >= 4 is 21.5 Å². The number of hydrogen-bond acceptors (Lipinski definition) is 3. The molecule has 3 rings (SSSR count). The Kier molecular flexibility index (Phi) is 4.68. The maximum absolute atomic E-state index is 9.91. The topological polar surface area (TPSA) is 55.5 Å². The lowest BCUT2D eigenvalue weighted by Crippen LogP contribution is -2.14. The quantitative estimate of drug-likeness (QED) is 0.540. The molecular weight excluding hydrogens is 274 g/mol. The van der Waals surface area contributed by atoms with Crippen LogP contribution < -0.4 is 5.73 Å². The predicted octanol–water partition coefficient (Wildman–Crippen LogP) is 3.57. The number of aliphatic hydroxyl groups is 1. The number of aliphatic hydroxyl groups excluding tert-OH is 1. The van der Waals surface area contributed by atoms with Crippen LogP contribution >= 0.6 is 0 Å². The van der Waals surface area contributed by atoms with E-state index in [1.54, 1.807) is 0 Å². The molecule has 0 spiro atoms. The van der Waals surface area contributed by atoms with E-state index in [1.165, 1.54) is 21.5 Å². The van der Waals surface area contributed by atoms with Crippen LogP contribution in [0.25, 0.3) is 21.5 Å². The summed E-state index contributed by atoms with van der Waals surface area (Å²) in [4.78, 5) is 0. The minimum atomic E-state index is -0.763. The lowest BCUT2D eigenvalue weighted by Gasteiger charge is -2.15. The van der Waals surface area contributed by atoms with Gasteiger partial charge in [-0.1, -0.05) is 48.5 Å². The Hall–Kier alpha value is -1.94. The zero-order valence-corrected chi connectivity index (χ0v) is 12.5. The van der Waals surface area contributed by atoms with Gasteiger partial charge in [0.2, 0.25) is 0 Å². The summed E-state index contributed by atoms with van der Waals surface area (Å²) in [6, 6.07) is 18.8. The minimum absolute atomic E-state index is 0.396. The molecule has 3 nitrogen and oxygen atoms in total. The third-order valence-electron chi connectivity index (χ3n) is 3.96. The van der Waals surface area contributed by atoms with Crippen LogP contribution in [-0.2, 0) is 11.3 Å². The van der Waals surface area contributed by atoms with Crippen LogP contribution in [0, 0.1) is 0 Å². The molecule has 0 bridgehead atoms. The summed E-state index contributed by atoms with van der Waals surface area (Å²) in [5.74, 6) is 0. The standard InChI is InChI=1S/C19H21NO2/c20-11-5-10-19(21)22-13-18-16-8-3-1-6-14(16)12-15-7-2-4-9-17(15)18/h1-4,6-9,12,19,21H,5,10-11,13,20H2. The van der Waals surface area contributed by atoms with Crippen molar-refractivity contribution < 1.29 is 9.84 Å². The monoisotopic (exact) mass is 295 g/mol. The van der Waals surface area contributed by atoms with Crippen molar-refractivity contribution in [3.8, 4) is 0 Å². The lowest BCUT2D eigenvalue weighted by atomic mass is 9.97. The van der Waals surface area contributed by atoms with Gasteiger partial charge in [-0.15, -0.1) is 0 Å². The van der Waals surface area contributed by atoms with Crippen LogP contribution in [0.15, 0.2) is 54.6 Å². The first-order valence-corrected chi connectivity index (χ1v) is 7.68. The van der Waals surface area contributed by atoms with Crippen LogP contribution in [0.4, 0.5) is 0 Å². The Balaban J connectivity index is 1.97. The molecule has 0 aliphatic rings. The van der Waals surface area contributed by atoms with Gasteiger partial charge in [-0.3, -0.25) is 0 Å². The Morgan fingerprint density at radius 3 is 2.14 bits per heavy atom. The molecule has 22 heavy (non-hydrogen) atoms. The van der Waals surface area contributed by atoms with Crippen LogP contribution in [-0.4, -0.2) is 17.9 Å². The van der Waals surface area contributed by atoms with Crippen molar-refractivity contribution in [2.24, 2.45) is 5.73 Å². The highest BCUT2D eigenvalue weighted by Crippen LogP contribution is 2.29. The van der Waals surface area contributed by atoms with Gasteiger partial charge >= 0.3 is 0 Å². The first kappa shape index (κ1) is 15.0. The third-order valence-corrected chi connectivity index (χ3v) is 3.96. The molecular formula is C19H21NO2. The van der Waals surface area contributed by atoms with E-state index in [2.05, 4.69) is 30.3 Å². The van der Waals surface area contributed by atoms with Crippen molar-refractivity contribution in [2.45, 2.75) is 25.7 Å². The van der Waals surface area contributed by atoms with Gasteiger partial charge < -0.3 is 15.6 Å². The Morgan fingerprint density at radius 1 is 0.955 bits per heavy atom. The van der Waals surface area contributed by atoms with Gasteiger partial charge in [-0.2, -0.15) is 0 Å². The largest absolute Gasteiger partial charge is 0.368 e. The van der Waals surface area contributed by atoms with E-state index in [4.69, 9.17) is 10.5 Å². The summed E-state index contributed by atoms with van der Waals surface area (Å²) >= 11 is 0.